The number of nitrogens with zero attached hydrogens (tertiary/aromatic N) is 3. The van der Waals surface area contributed by atoms with Gasteiger partial charge in [-0.1, -0.05) is 24.3 Å². The van der Waals surface area contributed by atoms with Gasteiger partial charge in [0.15, 0.2) is 0 Å². The van der Waals surface area contributed by atoms with E-state index in [2.05, 4.69) is 10.4 Å². The molecule has 2 aliphatic rings. The van der Waals surface area contributed by atoms with Crippen LogP contribution < -0.4 is 10.2 Å². The number of anilines is 2. The quantitative estimate of drug-likeness (QED) is 0.724. The normalized spacial score (nSPS) is 20.6. The Balaban J connectivity index is 1.78. The van der Waals surface area contributed by atoms with Gasteiger partial charge in [0.05, 0.1) is 11.9 Å². The zero-order chi connectivity index (χ0) is 18.8. The summed E-state index contributed by atoms with van der Waals surface area (Å²) >= 11 is 0. The summed E-state index contributed by atoms with van der Waals surface area (Å²) in [5, 5.41) is 7.17. The number of hydrogen-bond donors (Lipinski definition) is 1. The van der Waals surface area contributed by atoms with Crippen LogP contribution in [-0.4, -0.2) is 28.6 Å². The molecule has 2 amide bonds. The number of hydrogen-bond acceptors (Lipinski definition) is 3. The predicted molar refractivity (Wildman–Crippen MR) is 97.4 cm³/mol. The molecule has 0 aliphatic carbocycles. The van der Waals surface area contributed by atoms with Crippen molar-refractivity contribution in [2.45, 2.75) is 11.8 Å². The molecule has 0 fully saturated rings. The summed E-state index contributed by atoms with van der Waals surface area (Å²) < 4.78 is 15.1. The van der Waals surface area contributed by atoms with Gasteiger partial charge in [-0.05, 0) is 29.8 Å². The fourth-order valence-corrected chi connectivity index (χ4v) is 4.17. The van der Waals surface area contributed by atoms with E-state index in [1.54, 1.807) is 30.3 Å². The molecule has 134 valence electrons. The molecular weight excluding hydrogens is 347 g/mol. The van der Waals surface area contributed by atoms with Crippen LogP contribution in [0.25, 0.3) is 5.69 Å². The van der Waals surface area contributed by atoms with Gasteiger partial charge in [-0.2, -0.15) is 5.10 Å². The largest absolute Gasteiger partial charge is 0.314 e. The number of halogens is 1. The average molecular weight is 362 g/mol. The SMILES string of the molecule is CN1C(=O)[C@]2(CC(=O)Nc3c2cnn3-c2cccc(F)c2)c2ccccc21. The van der Waals surface area contributed by atoms with Crippen molar-refractivity contribution in [2.75, 3.05) is 17.3 Å². The third-order valence-electron chi connectivity index (χ3n) is 5.36. The summed E-state index contributed by atoms with van der Waals surface area (Å²) in [6, 6.07) is 13.4. The number of nitrogens with one attached hydrogen (secondary N) is 1. The molecule has 0 unspecified atom stereocenters. The molecule has 5 rings (SSSR count). The standard InChI is InChI=1S/C20H15FN4O2/c1-24-16-8-3-2-7-14(16)20(19(24)27)10-17(26)23-18-15(20)11-22-25(18)13-6-4-5-12(21)9-13/h2-9,11H,10H2,1H3,(H,23,26)/t20-/m1/s1. The molecular formula is C20H15FN4O2. The first-order chi connectivity index (χ1) is 13.0. The van der Waals surface area contributed by atoms with Crippen LogP contribution in [-0.2, 0) is 15.0 Å². The van der Waals surface area contributed by atoms with Crippen molar-refractivity contribution in [3.8, 4) is 5.69 Å². The van der Waals surface area contributed by atoms with E-state index < -0.39 is 11.2 Å². The van der Waals surface area contributed by atoms with Crippen LogP contribution in [0.3, 0.4) is 0 Å². The zero-order valence-electron chi connectivity index (χ0n) is 14.4. The Morgan fingerprint density at radius 2 is 1.93 bits per heavy atom. The van der Waals surface area contributed by atoms with Gasteiger partial charge in [0, 0.05) is 24.7 Å². The van der Waals surface area contributed by atoms with Gasteiger partial charge in [-0.25, -0.2) is 9.07 Å². The van der Waals surface area contributed by atoms with Crippen molar-refractivity contribution >= 4 is 23.3 Å². The highest BCUT2D eigenvalue weighted by Gasteiger charge is 2.56. The fraction of sp³-hybridized carbons (Fsp3) is 0.150. The molecule has 2 aromatic carbocycles. The van der Waals surface area contributed by atoms with Gasteiger partial charge >= 0.3 is 0 Å². The Hall–Kier alpha value is -3.48. The second kappa shape index (κ2) is 5.26. The maximum absolute atomic E-state index is 13.7. The Morgan fingerprint density at radius 1 is 1.11 bits per heavy atom. The highest BCUT2D eigenvalue weighted by molar-refractivity contribution is 6.15. The van der Waals surface area contributed by atoms with Gasteiger partial charge < -0.3 is 10.2 Å². The number of rotatable bonds is 1. The zero-order valence-corrected chi connectivity index (χ0v) is 14.4. The van der Waals surface area contributed by atoms with E-state index in [-0.39, 0.29) is 18.2 Å². The first-order valence-electron chi connectivity index (χ1n) is 8.54. The molecule has 2 aliphatic heterocycles. The maximum Gasteiger partial charge on any atom is 0.242 e. The molecule has 0 saturated carbocycles. The monoisotopic (exact) mass is 362 g/mol. The minimum atomic E-state index is -1.12. The Labute approximate surface area is 154 Å². The Bertz CT molecular complexity index is 1120. The summed E-state index contributed by atoms with van der Waals surface area (Å²) in [4.78, 5) is 27.5. The van der Waals surface area contributed by atoms with Crippen LogP contribution >= 0.6 is 0 Å². The molecule has 1 N–H and O–H groups in total. The number of carbonyl (C=O) groups excluding carboxylic acids is 2. The third kappa shape index (κ3) is 1.96. The molecule has 1 aromatic heterocycles. The minimum absolute atomic E-state index is 0.00896. The Morgan fingerprint density at radius 3 is 2.74 bits per heavy atom. The highest BCUT2D eigenvalue weighted by Crippen LogP contribution is 2.51. The van der Waals surface area contributed by atoms with Crippen molar-refractivity contribution < 1.29 is 14.0 Å². The number of carbonyl (C=O) groups is 2. The van der Waals surface area contributed by atoms with E-state index in [1.165, 1.54) is 16.8 Å². The molecule has 3 aromatic rings. The lowest BCUT2D eigenvalue weighted by molar-refractivity contribution is -0.126. The molecule has 1 spiro atoms. The van der Waals surface area contributed by atoms with Gasteiger partial charge in [-0.15, -0.1) is 0 Å². The van der Waals surface area contributed by atoms with Crippen LogP contribution in [0.2, 0.25) is 0 Å². The van der Waals surface area contributed by atoms with E-state index >= 15 is 0 Å². The number of benzene rings is 2. The first-order valence-corrected chi connectivity index (χ1v) is 8.54. The van der Waals surface area contributed by atoms with E-state index in [1.807, 2.05) is 24.3 Å². The van der Waals surface area contributed by atoms with Crippen LogP contribution in [0.4, 0.5) is 15.9 Å². The topological polar surface area (TPSA) is 67.2 Å². The molecule has 7 heteroatoms. The summed E-state index contributed by atoms with van der Waals surface area (Å²) in [6.07, 6.45) is 1.60. The van der Waals surface area contributed by atoms with E-state index in [0.29, 0.717) is 17.1 Å². The van der Waals surface area contributed by atoms with Crippen LogP contribution in [0.1, 0.15) is 17.5 Å². The van der Waals surface area contributed by atoms with Crippen molar-refractivity contribution in [1.29, 1.82) is 0 Å². The van der Waals surface area contributed by atoms with Crippen molar-refractivity contribution in [3.63, 3.8) is 0 Å². The summed E-state index contributed by atoms with van der Waals surface area (Å²) in [6.45, 7) is 0. The van der Waals surface area contributed by atoms with E-state index in [9.17, 15) is 14.0 Å². The molecule has 0 bridgehead atoms. The number of aromatic nitrogens is 2. The number of fused-ring (bicyclic) bond motifs is 4. The van der Waals surface area contributed by atoms with E-state index in [0.717, 1.165) is 11.3 Å². The fourth-order valence-electron chi connectivity index (χ4n) is 4.17. The average Bonchev–Trinajstić information content (AvgIpc) is 3.17. The maximum atomic E-state index is 13.7. The first kappa shape index (κ1) is 15.7. The van der Waals surface area contributed by atoms with Gasteiger partial charge in [0.2, 0.25) is 11.8 Å². The number of likely N-dealkylation sites (N-methyl/N-ethyl adjacent to an activating group) is 1. The molecule has 1 atom stereocenters. The molecule has 0 saturated heterocycles. The van der Waals surface area contributed by atoms with Crippen LogP contribution in [0.5, 0.6) is 0 Å². The lowest BCUT2D eigenvalue weighted by Crippen LogP contribution is -2.45. The van der Waals surface area contributed by atoms with Crippen LogP contribution in [0.15, 0.2) is 54.7 Å². The second-order valence-corrected chi connectivity index (χ2v) is 6.81. The van der Waals surface area contributed by atoms with Crippen molar-refractivity contribution in [1.82, 2.24) is 9.78 Å². The molecule has 3 heterocycles. The van der Waals surface area contributed by atoms with Gasteiger partial charge in [-0.3, -0.25) is 9.59 Å². The predicted octanol–water partition coefficient (Wildman–Crippen LogP) is 2.62. The molecule has 6 nitrogen and oxygen atoms in total. The van der Waals surface area contributed by atoms with Gasteiger partial charge in [0.1, 0.15) is 17.1 Å². The van der Waals surface area contributed by atoms with E-state index in [4.69, 9.17) is 0 Å². The van der Waals surface area contributed by atoms with Crippen molar-refractivity contribution in [3.05, 3.63) is 71.7 Å². The highest BCUT2D eigenvalue weighted by atomic mass is 19.1. The number of para-hydroxylation sites is 1. The van der Waals surface area contributed by atoms with Crippen LogP contribution in [0, 0.1) is 5.82 Å². The second-order valence-electron chi connectivity index (χ2n) is 6.81. The number of amides is 2. The van der Waals surface area contributed by atoms with Gasteiger partial charge in [0.25, 0.3) is 0 Å². The molecule has 0 radical (unpaired) electrons. The third-order valence-corrected chi connectivity index (χ3v) is 5.36. The lowest BCUT2D eigenvalue weighted by Gasteiger charge is -2.32. The molecule has 27 heavy (non-hydrogen) atoms. The minimum Gasteiger partial charge on any atom is -0.314 e. The summed E-state index contributed by atoms with van der Waals surface area (Å²) in [5.41, 5.74) is 1.54. The summed E-state index contributed by atoms with van der Waals surface area (Å²) in [5.74, 6) is -0.455. The Kier molecular flexibility index (Phi) is 3.07. The summed E-state index contributed by atoms with van der Waals surface area (Å²) in [7, 11) is 1.71. The van der Waals surface area contributed by atoms with Crippen molar-refractivity contribution in [2.24, 2.45) is 0 Å². The lowest BCUT2D eigenvalue weighted by atomic mass is 9.72. The smallest absolute Gasteiger partial charge is 0.242 e.